The van der Waals surface area contributed by atoms with Crippen LogP contribution in [0.4, 0.5) is 14.5 Å². The number of benzene rings is 1. The van der Waals surface area contributed by atoms with Crippen LogP contribution in [-0.4, -0.2) is 43.0 Å². The highest BCUT2D eigenvalue weighted by atomic mass is 79.9. The van der Waals surface area contributed by atoms with Crippen molar-refractivity contribution in [2.24, 2.45) is 0 Å². The first-order valence-electron chi connectivity index (χ1n) is 6.39. The second-order valence-electron chi connectivity index (χ2n) is 4.70. The van der Waals surface area contributed by atoms with E-state index in [0.29, 0.717) is 0 Å². The van der Waals surface area contributed by atoms with Crippen LogP contribution in [0.1, 0.15) is 6.92 Å². The van der Waals surface area contributed by atoms with Gasteiger partial charge in [0.25, 0.3) is 0 Å². The van der Waals surface area contributed by atoms with E-state index in [1.54, 1.807) is 6.92 Å². The van der Waals surface area contributed by atoms with Gasteiger partial charge in [-0.25, -0.2) is 8.78 Å². The summed E-state index contributed by atoms with van der Waals surface area (Å²) in [6.07, 6.45) is 0. The number of hydrogen-bond donors (Lipinski definition) is 2. The van der Waals surface area contributed by atoms with Crippen LogP contribution in [0.25, 0.3) is 0 Å². The number of halogens is 3. The van der Waals surface area contributed by atoms with Gasteiger partial charge < -0.3 is 10.6 Å². The van der Waals surface area contributed by atoms with Crippen molar-refractivity contribution in [2.75, 3.05) is 31.5 Å². The van der Waals surface area contributed by atoms with Gasteiger partial charge in [0.15, 0.2) is 0 Å². The highest BCUT2D eigenvalue weighted by molar-refractivity contribution is 9.10. The molecule has 0 saturated carbocycles. The number of piperazine rings is 1. The summed E-state index contributed by atoms with van der Waals surface area (Å²) in [6.45, 7) is 4.97. The molecule has 1 amide bonds. The van der Waals surface area contributed by atoms with E-state index in [0.717, 1.165) is 32.2 Å². The third-order valence-corrected chi connectivity index (χ3v) is 3.95. The maximum atomic E-state index is 13.6. The molecule has 20 heavy (non-hydrogen) atoms. The fraction of sp³-hybridized carbons (Fsp3) is 0.462. The van der Waals surface area contributed by atoms with Gasteiger partial charge in [0.1, 0.15) is 11.6 Å². The SMILES string of the molecule is CC(C(=O)Nc1cc(Br)c(F)cc1F)N1CCNCC1. The Morgan fingerprint density at radius 3 is 2.65 bits per heavy atom. The Balaban J connectivity index is 2.05. The molecular formula is C13H16BrF2N3O. The molecule has 0 aromatic heterocycles. The van der Waals surface area contributed by atoms with E-state index in [1.165, 1.54) is 6.07 Å². The van der Waals surface area contributed by atoms with E-state index in [9.17, 15) is 13.6 Å². The van der Waals surface area contributed by atoms with Gasteiger partial charge in [-0.05, 0) is 28.9 Å². The highest BCUT2D eigenvalue weighted by Crippen LogP contribution is 2.24. The van der Waals surface area contributed by atoms with Crippen molar-refractivity contribution in [3.05, 3.63) is 28.2 Å². The molecule has 0 aliphatic carbocycles. The quantitative estimate of drug-likeness (QED) is 0.821. The fourth-order valence-electron chi connectivity index (χ4n) is 2.09. The number of rotatable bonds is 3. The standard InChI is InChI=1S/C13H16BrF2N3O/c1-8(19-4-2-17-3-5-19)13(20)18-12-6-9(14)10(15)7-11(12)16/h6-8,17H,2-5H2,1H3,(H,18,20). The number of amides is 1. The van der Waals surface area contributed by atoms with Crippen molar-refractivity contribution >= 4 is 27.5 Å². The molecule has 1 aromatic rings. The summed E-state index contributed by atoms with van der Waals surface area (Å²) in [5, 5.41) is 5.70. The number of nitrogens with one attached hydrogen (secondary N) is 2. The number of carbonyl (C=O) groups is 1. The maximum absolute atomic E-state index is 13.6. The van der Waals surface area contributed by atoms with E-state index in [1.807, 2.05) is 4.90 Å². The van der Waals surface area contributed by atoms with Crippen molar-refractivity contribution < 1.29 is 13.6 Å². The number of anilines is 1. The topological polar surface area (TPSA) is 44.4 Å². The van der Waals surface area contributed by atoms with Crippen LogP contribution in [0, 0.1) is 11.6 Å². The molecule has 0 radical (unpaired) electrons. The monoisotopic (exact) mass is 347 g/mol. The van der Waals surface area contributed by atoms with Crippen molar-refractivity contribution in [1.29, 1.82) is 0 Å². The van der Waals surface area contributed by atoms with E-state index < -0.39 is 11.6 Å². The summed E-state index contributed by atoms with van der Waals surface area (Å²) in [5.41, 5.74) is -0.0229. The minimum absolute atomic E-state index is 0.0229. The predicted octanol–water partition coefficient (Wildman–Crippen LogP) is 1.96. The second-order valence-corrected chi connectivity index (χ2v) is 5.55. The van der Waals surface area contributed by atoms with Crippen molar-refractivity contribution in [1.82, 2.24) is 10.2 Å². The van der Waals surface area contributed by atoms with Crippen LogP contribution >= 0.6 is 15.9 Å². The normalized spacial score (nSPS) is 17.8. The Morgan fingerprint density at radius 2 is 2.00 bits per heavy atom. The molecule has 1 saturated heterocycles. The lowest BCUT2D eigenvalue weighted by Crippen LogP contribution is -2.51. The zero-order chi connectivity index (χ0) is 14.7. The van der Waals surface area contributed by atoms with Gasteiger partial charge >= 0.3 is 0 Å². The Kier molecular flexibility index (Phi) is 5.06. The molecule has 7 heteroatoms. The summed E-state index contributed by atoms with van der Waals surface area (Å²) in [5.74, 6) is -1.79. The lowest BCUT2D eigenvalue weighted by molar-refractivity contribution is -0.121. The molecule has 1 aliphatic heterocycles. The van der Waals surface area contributed by atoms with Crippen LogP contribution in [-0.2, 0) is 4.79 Å². The number of nitrogens with zero attached hydrogens (tertiary/aromatic N) is 1. The van der Waals surface area contributed by atoms with Crippen LogP contribution in [0.15, 0.2) is 16.6 Å². The highest BCUT2D eigenvalue weighted by Gasteiger charge is 2.23. The minimum Gasteiger partial charge on any atom is -0.322 e. The van der Waals surface area contributed by atoms with Gasteiger partial charge in [0.2, 0.25) is 5.91 Å². The summed E-state index contributed by atoms with van der Waals surface area (Å²) in [6, 6.07) is 1.61. The molecule has 1 heterocycles. The molecule has 1 unspecified atom stereocenters. The summed E-state index contributed by atoms with van der Waals surface area (Å²) in [4.78, 5) is 14.1. The maximum Gasteiger partial charge on any atom is 0.241 e. The molecule has 0 bridgehead atoms. The van der Waals surface area contributed by atoms with E-state index in [-0.39, 0.29) is 22.1 Å². The summed E-state index contributed by atoms with van der Waals surface area (Å²) < 4.78 is 26.8. The molecule has 1 atom stereocenters. The molecule has 1 aromatic carbocycles. The third-order valence-electron chi connectivity index (χ3n) is 3.35. The number of carbonyl (C=O) groups excluding carboxylic acids is 1. The van der Waals surface area contributed by atoms with E-state index in [2.05, 4.69) is 26.6 Å². The zero-order valence-electron chi connectivity index (χ0n) is 11.0. The lowest BCUT2D eigenvalue weighted by atomic mass is 10.2. The van der Waals surface area contributed by atoms with Gasteiger partial charge in [0, 0.05) is 32.2 Å². The van der Waals surface area contributed by atoms with Gasteiger partial charge in [-0.15, -0.1) is 0 Å². The molecule has 110 valence electrons. The van der Waals surface area contributed by atoms with Crippen LogP contribution in [0.5, 0.6) is 0 Å². The summed E-state index contributed by atoms with van der Waals surface area (Å²) >= 11 is 2.97. The molecular weight excluding hydrogens is 332 g/mol. The largest absolute Gasteiger partial charge is 0.322 e. The third kappa shape index (κ3) is 3.53. The van der Waals surface area contributed by atoms with Gasteiger partial charge in [-0.2, -0.15) is 0 Å². The van der Waals surface area contributed by atoms with Crippen molar-refractivity contribution in [2.45, 2.75) is 13.0 Å². The molecule has 2 rings (SSSR count). The number of hydrogen-bond acceptors (Lipinski definition) is 3. The predicted molar refractivity (Wildman–Crippen MR) is 76.6 cm³/mol. The van der Waals surface area contributed by atoms with Crippen LogP contribution < -0.4 is 10.6 Å². The molecule has 2 N–H and O–H groups in total. The molecule has 1 fully saturated rings. The van der Waals surface area contributed by atoms with E-state index in [4.69, 9.17) is 0 Å². The Hall–Kier alpha value is -1.05. The Bertz CT molecular complexity index is 507. The fourth-order valence-corrected chi connectivity index (χ4v) is 2.43. The Labute approximate surface area is 124 Å². The van der Waals surface area contributed by atoms with Gasteiger partial charge in [0.05, 0.1) is 16.2 Å². The summed E-state index contributed by atoms with van der Waals surface area (Å²) in [7, 11) is 0. The van der Waals surface area contributed by atoms with Gasteiger partial charge in [-0.3, -0.25) is 9.69 Å². The molecule has 0 spiro atoms. The van der Waals surface area contributed by atoms with Crippen molar-refractivity contribution in [3.63, 3.8) is 0 Å². The smallest absolute Gasteiger partial charge is 0.241 e. The Morgan fingerprint density at radius 1 is 1.35 bits per heavy atom. The van der Waals surface area contributed by atoms with E-state index >= 15 is 0 Å². The van der Waals surface area contributed by atoms with Crippen LogP contribution in [0.3, 0.4) is 0 Å². The van der Waals surface area contributed by atoms with Crippen LogP contribution in [0.2, 0.25) is 0 Å². The first-order valence-corrected chi connectivity index (χ1v) is 7.18. The first-order chi connectivity index (χ1) is 9.49. The second kappa shape index (κ2) is 6.60. The average Bonchev–Trinajstić information content (AvgIpc) is 2.44. The molecule has 1 aliphatic rings. The van der Waals surface area contributed by atoms with Gasteiger partial charge in [-0.1, -0.05) is 0 Å². The average molecular weight is 348 g/mol. The lowest BCUT2D eigenvalue weighted by Gasteiger charge is -2.31. The molecule has 4 nitrogen and oxygen atoms in total. The minimum atomic E-state index is -0.786. The first kappa shape index (κ1) is 15.3. The zero-order valence-corrected chi connectivity index (χ0v) is 12.6. The van der Waals surface area contributed by atoms with Crippen molar-refractivity contribution in [3.8, 4) is 0 Å².